The summed E-state index contributed by atoms with van der Waals surface area (Å²) < 4.78 is 2.28. The van der Waals surface area contributed by atoms with Crippen molar-refractivity contribution in [1.82, 2.24) is 9.55 Å². The smallest absolute Gasteiger partial charge is 0.141 e. The molecule has 0 atom stereocenters. The molecule has 0 aliphatic heterocycles. The van der Waals surface area contributed by atoms with Crippen LogP contribution in [0.4, 0.5) is 0 Å². The molecule has 1 aromatic heterocycles. The predicted molar refractivity (Wildman–Crippen MR) is 86.3 cm³/mol. The van der Waals surface area contributed by atoms with Crippen molar-refractivity contribution in [2.45, 2.75) is 26.8 Å². The van der Waals surface area contributed by atoms with E-state index >= 15 is 0 Å². The van der Waals surface area contributed by atoms with Gasteiger partial charge in [-0.3, -0.25) is 0 Å². The van der Waals surface area contributed by atoms with Crippen LogP contribution in [-0.2, 0) is 6.54 Å². The number of hydrogen-bond donors (Lipinski definition) is 1. The molecule has 0 unspecified atom stereocenters. The molecule has 1 N–H and O–H groups in total. The first-order valence-electron chi connectivity index (χ1n) is 7.40. The number of para-hydroxylation sites is 2. The minimum absolute atomic E-state index is 0.281. The van der Waals surface area contributed by atoms with Gasteiger partial charge in [0.05, 0.1) is 11.0 Å². The number of phenols is 1. The Morgan fingerprint density at radius 2 is 1.76 bits per heavy atom. The largest absolute Gasteiger partial charge is 0.508 e. The van der Waals surface area contributed by atoms with Crippen molar-refractivity contribution >= 4 is 11.0 Å². The van der Waals surface area contributed by atoms with E-state index in [1.54, 1.807) is 12.1 Å². The van der Waals surface area contributed by atoms with Crippen LogP contribution in [-0.4, -0.2) is 14.7 Å². The average Bonchev–Trinajstić information content (AvgIpc) is 2.84. The van der Waals surface area contributed by atoms with Gasteiger partial charge in [0, 0.05) is 12.1 Å². The molecule has 108 valence electrons. The van der Waals surface area contributed by atoms with Crippen LogP contribution in [0.3, 0.4) is 0 Å². The van der Waals surface area contributed by atoms with Crippen LogP contribution in [0.1, 0.15) is 20.3 Å². The van der Waals surface area contributed by atoms with Crippen molar-refractivity contribution < 1.29 is 5.11 Å². The summed E-state index contributed by atoms with van der Waals surface area (Å²) in [5.74, 6) is 1.90. The minimum Gasteiger partial charge on any atom is -0.508 e. The van der Waals surface area contributed by atoms with Gasteiger partial charge in [-0.15, -0.1) is 0 Å². The zero-order chi connectivity index (χ0) is 14.8. The maximum absolute atomic E-state index is 9.46. The molecule has 0 saturated carbocycles. The molecule has 0 spiro atoms. The molecule has 3 rings (SSSR count). The summed E-state index contributed by atoms with van der Waals surface area (Å²) in [7, 11) is 0. The summed E-state index contributed by atoms with van der Waals surface area (Å²) in [6, 6.07) is 15.5. The van der Waals surface area contributed by atoms with E-state index in [0.717, 1.165) is 29.9 Å². The highest BCUT2D eigenvalue weighted by Crippen LogP contribution is 2.26. The lowest BCUT2D eigenvalue weighted by molar-refractivity contribution is 0.475. The summed E-state index contributed by atoms with van der Waals surface area (Å²) >= 11 is 0. The van der Waals surface area contributed by atoms with Crippen molar-refractivity contribution in [3.8, 4) is 17.1 Å². The zero-order valence-corrected chi connectivity index (χ0v) is 12.5. The van der Waals surface area contributed by atoms with Gasteiger partial charge >= 0.3 is 0 Å². The van der Waals surface area contributed by atoms with E-state index in [9.17, 15) is 5.11 Å². The number of phenolic OH excluding ortho intramolecular Hbond substituents is 1. The number of fused-ring (bicyclic) bond motifs is 1. The molecular weight excluding hydrogens is 260 g/mol. The monoisotopic (exact) mass is 280 g/mol. The molecule has 0 amide bonds. The van der Waals surface area contributed by atoms with Crippen molar-refractivity contribution in [2.24, 2.45) is 5.92 Å². The van der Waals surface area contributed by atoms with Gasteiger partial charge in [0.2, 0.25) is 0 Å². The van der Waals surface area contributed by atoms with Crippen molar-refractivity contribution in [3.05, 3.63) is 48.5 Å². The fraction of sp³-hybridized carbons (Fsp3) is 0.278. The number of benzene rings is 2. The van der Waals surface area contributed by atoms with Gasteiger partial charge < -0.3 is 9.67 Å². The Bertz CT molecular complexity index is 742. The first kappa shape index (κ1) is 13.7. The third-order valence-corrected chi connectivity index (χ3v) is 3.71. The first-order valence-corrected chi connectivity index (χ1v) is 7.40. The van der Waals surface area contributed by atoms with Gasteiger partial charge in [-0.25, -0.2) is 4.98 Å². The third-order valence-electron chi connectivity index (χ3n) is 3.71. The summed E-state index contributed by atoms with van der Waals surface area (Å²) in [5, 5.41) is 9.46. The van der Waals surface area contributed by atoms with Crippen LogP contribution < -0.4 is 0 Å². The topological polar surface area (TPSA) is 38.0 Å². The van der Waals surface area contributed by atoms with Crippen molar-refractivity contribution in [3.63, 3.8) is 0 Å². The van der Waals surface area contributed by atoms with Gasteiger partial charge in [-0.05, 0) is 48.7 Å². The quantitative estimate of drug-likeness (QED) is 0.766. The average molecular weight is 280 g/mol. The number of aromatic hydroxyl groups is 1. The SMILES string of the molecule is CC(C)CCn1c(-c2ccc(O)cc2)nc2ccccc21. The number of aryl methyl sites for hydroxylation is 1. The van der Waals surface area contributed by atoms with Gasteiger partial charge in [-0.1, -0.05) is 26.0 Å². The standard InChI is InChI=1S/C18H20N2O/c1-13(2)11-12-20-17-6-4-3-5-16(17)19-18(20)14-7-9-15(21)10-8-14/h3-10,13,21H,11-12H2,1-2H3. The molecule has 0 bridgehead atoms. The molecule has 1 heterocycles. The van der Waals surface area contributed by atoms with Crippen molar-refractivity contribution in [2.75, 3.05) is 0 Å². The van der Waals surface area contributed by atoms with Crippen LogP contribution in [0.25, 0.3) is 22.4 Å². The Labute approximate surface area is 124 Å². The van der Waals surface area contributed by atoms with E-state index in [2.05, 4.69) is 30.5 Å². The number of imidazole rings is 1. The normalized spacial score (nSPS) is 11.4. The number of aromatic nitrogens is 2. The van der Waals surface area contributed by atoms with Gasteiger partial charge in [0.15, 0.2) is 0 Å². The third kappa shape index (κ3) is 2.77. The highest BCUT2D eigenvalue weighted by atomic mass is 16.3. The fourth-order valence-corrected chi connectivity index (χ4v) is 2.52. The zero-order valence-electron chi connectivity index (χ0n) is 12.5. The molecular formula is C18H20N2O. The summed E-state index contributed by atoms with van der Waals surface area (Å²) in [6.07, 6.45) is 1.12. The Hall–Kier alpha value is -2.29. The maximum Gasteiger partial charge on any atom is 0.141 e. The van der Waals surface area contributed by atoms with E-state index in [-0.39, 0.29) is 5.75 Å². The number of rotatable bonds is 4. The van der Waals surface area contributed by atoms with E-state index in [4.69, 9.17) is 4.98 Å². The second-order valence-electron chi connectivity index (χ2n) is 5.81. The molecule has 21 heavy (non-hydrogen) atoms. The summed E-state index contributed by atoms with van der Waals surface area (Å²) in [6.45, 7) is 5.42. The Morgan fingerprint density at radius 3 is 2.48 bits per heavy atom. The summed E-state index contributed by atoms with van der Waals surface area (Å²) in [5.41, 5.74) is 3.22. The highest BCUT2D eigenvalue weighted by molar-refractivity contribution is 5.80. The molecule has 0 aliphatic rings. The van der Waals surface area contributed by atoms with Gasteiger partial charge in [0.25, 0.3) is 0 Å². The van der Waals surface area contributed by atoms with Gasteiger partial charge in [-0.2, -0.15) is 0 Å². The van der Waals surface area contributed by atoms with Crippen molar-refractivity contribution in [1.29, 1.82) is 0 Å². The molecule has 2 aromatic carbocycles. The maximum atomic E-state index is 9.46. The summed E-state index contributed by atoms with van der Waals surface area (Å²) in [4.78, 5) is 4.77. The Balaban J connectivity index is 2.11. The second kappa shape index (κ2) is 5.60. The lowest BCUT2D eigenvalue weighted by atomic mass is 10.1. The predicted octanol–water partition coefficient (Wildman–Crippen LogP) is 4.46. The Morgan fingerprint density at radius 1 is 1.05 bits per heavy atom. The second-order valence-corrected chi connectivity index (χ2v) is 5.81. The first-order chi connectivity index (χ1) is 10.1. The van der Waals surface area contributed by atoms with Crippen LogP contribution in [0, 0.1) is 5.92 Å². The number of hydrogen-bond acceptors (Lipinski definition) is 2. The van der Waals surface area contributed by atoms with Crippen LogP contribution in [0.2, 0.25) is 0 Å². The fourth-order valence-electron chi connectivity index (χ4n) is 2.52. The lowest BCUT2D eigenvalue weighted by Gasteiger charge is -2.11. The Kier molecular flexibility index (Phi) is 3.65. The van der Waals surface area contributed by atoms with E-state index in [0.29, 0.717) is 5.92 Å². The van der Waals surface area contributed by atoms with Crippen LogP contribution >= 0.6 is 0 Å². The number of nitrogens with zero attached hydrogens (tertiary/aromatic N) is 2. The molecule has 0 aliphatic carbocycles. The van der Waals surface area contributed by atoms with Gasteiger partial charge in [0.1, 0.15) is 11.6 Å². The molecule has 3 nitrogen and oxygen atoms in total. The van der Waals surface area contributed by atoms with E-state index in [1.165, 1.54) is 5.52 Å². The molecule has 0 fully saturated rings. The van der Waals surface area contributed by atoms with E-state index in [1.807, 2.05) is 24.3 Å². The lowest BCUT2D eigenvalue weighted by Crippen LogP contribution is -2.03. The van der Waals surface area contributed by atoms with Crippen LogP contribution in [0.5, 0.6) is 5.75 Å². The molecule has 3 aromatic rings. The molecule has 3 heteroatoms. The minimum atomic E-state index is 0.281. The van der Waals surface area contributed by atoms with Crippen LogP contribution in [0.15, 0.2) is 48.5 Å². The highest BCUT2D eigenvalue weighted by Gasteiger charge is 2.12. The molecule has 0 saturated heterocycles. The molecule has 0 radical (unpaired) electrons. The van der Waals surface area contributed by atoms with E-state index < -0.39 is 0 Å².